The number of halogens is 1. The Morgan fingerprint density at radius 1 is 1.27 bits per heavy atom. The first-order chi connectivity index (χ1) is 12.4. The van der Waals surface area contributed by atoms with E-state index in [1.165, 1.54) is 4.90 Å². The lowest BCUT2D eigenvalue weighted by atomic mass is 10.2. The van der Waals surface area contributed by atoms with Crippen LogP contribution in [0.2, 0.25) is 5.02 Å². The summed E-state index contributed by atoms with van der Waals surface area (Å²) in [5.41, 5.74) is 1.17. The average molecular weight is 375 g/mol. The van der Waals surface area contributed by atoms with Crippen molar-refractivity contribution < 1.29 is 14.3 Å². The van der Waals surface area contributed by atoms with Gasteiger partial charge in [-0.15, -0.1) is 0 Å². The molecule has 1 aliphatic heterocycles. The van der Waals surface area contributed by atoms with E-state index in [0.29, 0.717) is 22.2 Å². The van der Waals surface area contributed by atoms with Crippen molar-refractivity contribution in [3.8, 4) is 5.88 Å². The minimum Gasteiger partial charge on any atom is -0.463 e. The van der Waals surface area contributed by atoms with Crippen LogP contribution in [0.5, 0.6) is 5.88 Å². The van der Waals surface area contributed by atoms with Crippen LogP contribution in [0.3, 0.4) is 0 Å². The number of fused-ring (bicyclic) bond motifs is 1. The van der Waals surface area contributed by atoms with Crippen molar-refractivity contribution in [1.29, 1.82) is 0 Å². The maximum atomic E-state index is 12.6. The quantitative estimate of drug-likeness (QED) is 0.859. The van der Waals surface area contributed by atoms with E-state index in [-0.39, 0.29) is 23.7 Å². The highest BCUT2D eigenvalue weighted by Gasteiger charge is 2.34. The van der Waals surface area contributed by atoms with Crippen LogP contribution in [0.1, 0.15) is 13.8 Å². The molecule has 8 heteroatoms. The fraction of sp³-hybridized carbons (Fsp3) is 0.278. The lowest BCUT2D eigenvalue weighted by Gasteiger charge is -2.32. The van der Waals surface area contributed by atoms with Gasteiger partial charge >= 0.3 is 0 Å². The zero-order valence-electron chi connectivity index (χ0n) is 14.6. The van der Waals surface area contributed by atoms with Gasteiger partial charge in [-0.25, -0.2) is 0 Å². The molecule has 1 aliphatic rings. The lowest BCUT2D eigenvalue weighted by molar-refractivity contribution is -0.125. The Morgan fingerprint density at radius 2 is 1.96 bits per heavy atom. The number of nitrogens with one attached hydrogen (secondary N) is 2. The van der Waals surface area contributed by atoms with Crippen LogP contribution in [0.25, 0.3) is 0 Å². The number of likely N-dealkylation sites (N-methyl/N-ethyl adjacent to an activating group) is 1. The normalized spacial score (nSPS) is 17.3. The number of pyridine rings is 1. The summed E-state index contributed by atoms with van der Waals surface area (Å²) < 4.78 is 5.63. The Morgan fingerprint density at radius 3 is 2.62 bits per heavy atom. The molecule has 2 N–H and O–H groups in total. The molecule has 0 aliphatic carbocycles. The highest BCUT2D eigenvalue weighted by Crippen LogP contribution is 2.38. The van der Waals surface area contributed by atoms with Gasteiger partial charge < -0.3 is 15.4 Å². The molecular weight excluding hydrogens is 356 g/mol. The Balaban J connectivity index is 1.95. The van der Waals surface area contributed by atoms with Crippen LogP contribution in [0.15, 0.2) is 36.4 Å². The van der Waals surface area contributed by atoms with Gasteiger partial charge in [0.1, 0.15) is 11.5 Å². The number of amides is 2. The third-order valence-electron chi connectivity index (χ3n) is 4.10. The van der Waals surface area contributed by atoms with E-state index in [1.807, 2.05) is 0 Å². The van der Waals surface area contributed by atoms with Crippen LogP contribution in [0.4, 0.5) is 17.2 Å². The molecule has 26 heavy (non-hydrogen) atoms. The number of carbonyl (C=O) groups is 2. The number of carbonyl (C=O) groups excluding carboxylic acids is 2. The molecule has 136 valence electrons. The third-order valence-corrected chi connectivity index (χ3v) is 4.35. The Bertz CT molecular complexity index is 841. The highest BCUT2D eigenvalue weighted by molar-refractivity contribution is 6.30. The number of benzene rings is 1. The molecule has 1 aromatic carbocycles. The van der Waals surface area contributed by atoms with Crippen LogP contribution in [0, 0.1) is 0 Å². The van der Waals surface area contributed by atoms with Crippen LogP contribution < -0.4 is 20.3 Å². The van der Waals surface area contributed by atoms with Gasteiger partial charge in [0.2, 0.25) is 11.8 Å². The zero-order chi connectivity index (χ0) is 18.8. The standard InChI is InChI=1S/C18H19ClN4O3/c1-10(20-3)16(24)21-15-9-8-14-17(22-15)26-11(2)18(25)23(14)13-6-4-12(19)5-7-13/h4-11,20H,1-3H3,(H,21,22,24)/t10-,11?/m0/s1. The number of hydrogen-bond acceptors (Lipinski definition) is 5. The number of hydrogen-bond donors (Lipinski definition) is 2. The van der Waals surface area contributed by atoms with Crippen molar-refractivity contribution in [1.82, 2.24) is 10.3 Å². The highest BCUT2D eigenvalue weighted by atomic mass is 35.5. The molecule has 1 unspecified atom stereocenters. The maximum Gasteiger partial charge on any atom is 0.272 e. The summed E-state index contributed by atoms with van der Waals surface area (Å²) in [6.07, 6.45) is -0.701. The molecule has 2 atom stereocenters. The van der Waals surface area contributed by atoms with Crippen molar-refractivity contribution in [2.75, 3.05) is 17.3 Å². The molecule has 0 fully saturated rings. The Kier molecular flexibility index (Phi) is 5.11. The molecule has 0 bridgehead atoms. The first-order valence-electron chi connectivity index (χ1n) is 8.16. The molecule has 0 saturated carbocycles. The Labute approximate surface area is 156 Å². The lowest BCUT2D eigenvalue weighted by Crippen LogP contribution is -2.42. The fourth-order valence-corrected chi connectivity index (χ4v) is 2.63. The zero-order valence-corrected chi connectivity index (χ0v) is 15.4. The van der Waals surface area contributed by atoms with Gasteiger partial charge in [-0.1, -0.05) is 11.6 Å². The molecule has 3 rings (SSSR count). The molecular formula is C18H19ClN4O3. The summed E-state index contributed by atoms with van der Waals surface area (Å²) in [6, 6.07) is 9.91. The van der Waals surface area contributed by atoms with E-state index in [9.17, 15) is 9.59 Å². The molecule has 0 spiro atoms. The minimum atomic E-state index is -0.701. The average Bonchev–Trinajstić information content (AvgIpc) is 2.63. The van der Waals surface area contributed by atoms with Gasteiger partial charge in [-0.3, -0.25) is 14.5 Å². The summed E-state index contributed by atoms with van der Waals surface area (Å²) >= 11 is 5.94. The van der Waals surface area contributed by atoms with E-state index < -0.39 is 6.10 Å². The monoisotopic (exact) mass is 374 g/mol. The molecule has 2 aromatic rings. The summed E-state index contributed by atoms with van der Waals surface area (Å²) in [7, 11) is 1.70. The summed E-state index contributed by atoms with van der Waals surface area (Å²) in [5.74, 6) is 0.215. The van der Waals surface area contributed by atoms with Crippen molar-refractivity contribution in [2.45, 2.75) is 26.0 Å². The third kappa shape index (κ3) is 3.49. The minimum absolute atomic E-state index is 0.206. The van der Waals surface area contributed by atoms with Gasteiger partial charge in [0.15, 0.2) is 6.10 Å². The van der Waals surface area contributed by atoms with Crippen LogP contribution >= 0.6 is 11.6 Å². The van der Waals surface area contributed by atoms with Gasteiger partial charge in [0, 0.05) is 10.7 Å². The molecule has 2 amide bonds. The second-order valence-corrected chi connectivity index (χ2v) is 6.37. The second-order valence-electron chi connectivity index (χ2n) is 5.93. The first kappa shape index (κ1) is 18.2. The van der Waals surface area contributed by atoms with Crippen molar-refractivity contribution in [3.05, 3.63) is 41.4 Å². The molecule has 1 aromatic heterocycles. The number of nitrogens with zero attached hydrogens (tertiary/aromatic N) is 2. The van der Waals surface area contributed by atoms with E-state index >= 15 is 0 Å². The van der Waals surface area contributed by atoms with E-state index in [4.69, 9.17) is 16.3 Å². The maximum absolute atomic E-state index is 12.6. The molecule has 0 saturated heterocycles. The summed E-state index contributed by atoms with van der Waals surface area (Å²) in [6.45, 7) is 3.40. The first-order valence-corrected chi connectivity index (χ1v) is 8.54. The SMILES string of the molecule is CN[C@@H](C)C(=O)Nc1ccc2c(n1)OC(C)C(=O)N2c1ccc(Cl)cc1. The number of anilines is 3. The Hall–Kier alpha value is -2.64. The van der Waals surface area contributed by atoms with E-state index in [2.05, 4.69) is 15.6 Å². The van der Waals surface area contributed by atoms with Gasteiger partial charge in [0.05, 0.1) is 6.04 Å². The number of ether oxygens (including phenoxy) is 1. The second kappa shape index (κ2) is 7.31. The fourth-order valence-electron chi connectivity index (χ4n) is 2.50. The smallest absolute Gasteiger partial charge is 0.272 e. The summed E-state index contributed by atoms with van der Waals surface area (Å²) in [4.78, 5) is 30.5. The van der Waals surface area contributed by atoms with Gasteiger partial charge in [-0.2, -0.15) is 4.98 Å². The molecule has 0 radical (unpaired) electrons. The summed E-state index contributed by atoms with van der Waals surface area (Å²) in [5, 5.41) is 6.16. The molecule has 2 heterocycles. The largest absolute Gasteiger partial charge is 0.463 e. The predicted octanol–water partition coefficient (Wildman–Crippen LogP) is 2.73. The van der Waals surface area contributed by atoms with E-state index in [1.54, 1.807) is 57.3 Å². The molecule has 7 nitrogen and oxygen atoms in total. The van der Waals surface area contributed by atoms with Gasteiger partial charge in [0.25, 0.3) is 5.91 Å². The predicted molar refractivity (Wildman–Crippen MR) is 100 cm³/mol. The van der Waals surface area contributed by atoms with Crippen LogP contribution in [-0.4, -0.2) is 36.0 Å². The van der Waals surface area contributed by atoms with Crippen molar-refractivity contribution in [2.24, 2.45) is 0 Å². The van der Waals surface area contributed by atoms with Gasteiger partial charge in [-0.05, 0) is 57.3 Å². The van der Waals surface area contributed by atoms with E-state index in [0.717, 1.165) is 0 Å². The topological polar surface area (TPSA) is 83.6 Å². The van der Waals surface area contributed by atoms with Crippen LogP contribution in [-0.2, 0) is 9.59 Å². The van der Waals surface area contributed by atoms with Crippen molar-refractivity contribution >= 4 is 40.6 Å². The van der Waals surface area contributed by atoms with Crippen molar-refractivity contribution in [3.63, 3.8) is 0 Å². The number of rotatable bonds is 4. The number of aromatic nitrogens is 1.